The van der Waals surface area contributed by atoms with Crippen LogP contribution in [0.3, 0.4) is 0 Å². The van der Waals surface area contributed by atoms with E-state index < -0.39 is 0 Å². The highest BCUT2D eigenvalue weighted by Gasteiger charge is 2.25. The molecule has 0 spiro atoms. The van der Waals surface area contributed by atoms with Gasteiger partial charge in [-0.05, 0) is 37.4 Å². The van der Waals surface area contributed by atoms with Gasteiger partial charge < -0.3 is 10.6 Å². The summed E-state index contributed by atoms with van der Waals surface area (Å²) in [5.74, 6) is 1.26. The van der Waals surface area contributed by atoms with Gasteiger partial charge in [-0.15, -0.1) is 11.8 Å². The Bertz CT molecular complexity index is 469. The van der Waals surface area contributed by atoms with Crippen LogP contribution in [0.2, 0.25) is 0 Å². The average molecular weight is 290 g/mol. The van der Waals surface area contributed by atoms with Crippen LogP contribution in [0.5, 0.6) is 0 Å². The largest absolute Gasteiger partial charge is 0.348 e. The molecule has 1 aromatic rings. The Kier molecular flexibility index (Phi) is 4.63. The van der Waals surface area contributed by atoms with Crippen LogP contribution in [0, 0.1) is 0 Å². The lowest BCUT2D eigenvalue weighted by molar-refractivity contribution is -0.124. The van der Waals surface area contributed by atoms with Crippen molar-refractivity contribution in [2.45, 2.75) is 49.1 Å². The van der Waals surface area contributed by atoms with Gasteiger partial charge in [-0.25, -0.2) is 0 Å². The summed E-state index contributed by atoms with van der Waals surface area (Å²) >= 11 is 1.89. The van der Waals surface area contributed by atoms with Crippen molar-refractivity contribution in [1.82, 2.24) is 10.6 Å². The Morgan fingerprint density at radius 3 is 3.05 bits per heavy atom. The Balaban J connectivity index is 1.67. The molecule has 1 amide bonds. The number of hydrogen-bond donors (Lipinski definition) is 2. The molecular formula is C16H22N2OS. The number of fused-ring (bicyclic) bond motifs is 1. The SMILES string of the molecule is O=C(NC1CCSc2ccccc21)C1CCCCCN1. The molecule has 2 heterocycles. The summed E-state index contributed by atoms with van der Waals surface area (Å²) in [5, 5.41) is 6.64. The number of carbonyl (C=O) groups excluding carboxylic acids is 1. The topological polar surface area (TPSA) is 41.1 Å². The highest BCUT2D eigenvalue weighted by atomic mass is 32.2. The molecule has 0 aromatic heterocycles. The number of thioether (sulfide) groups is 1. The standard InChI is InChI=1S/C16H22N2OS/c19-16(14-7-2-1-5-10-17-14)18-13-9-11-20-15-8-4-3-6-12(13)15/h3-4,6,8,13-14,17H,1-2,5,7,9-11H2,(H,18,19). The van der Waals surface area contributed by atoms with Crippen molar-refractivity contribution in [3.63, 3.8) is 0 Å². The minimum Gasteiger partial charge on any atom is -0.348 e. The Morgan fingerprint density at radius 1 is 1.20 bits per heavy atom. The summed E-state index contributed by atoms with van der Waals surface area (Å²) in [6, 6.07) is 8.62. The van der Waals surface area contributed by atoms with Gasteiger partial charge >= 0.3 is 0 Å². The number of amides is 1. The lowest BCUT2D eigenvalue weighted by Crippen LogP contribution is -2.45. The monoisotopic (exact) mass is 290 g/mol. The molecule has 108 valence electrons. The summed E-state index contributed by atoms with van der Waals surface area (Å²) in [6.07, 6.45) is 5.57. The van der Waals surface area contributed by atoms with Gasteiger partial charge in [0.05, 0.1) is 12.1 Å². The molecule has 0 aliphatic carbocycles. The predicted octanol–water partition coefficient (Wildman–Crippen LogP) is 2.87. The number of benzene rings is 1. The minimum absolute atomic E-state index is 0.000702. The first-order valence-corrected chi connectivity index (χ1v) is 8.58. The maximum Gasteiger partial charge on any atom is 0.237 e. The van der Waals surface area contributed by atoms with Crippen molar-refractivity contribution in [3.8, 4) is 0 Å². The fraction of sp³-hybridized carbons (Fsp3) is 0.562. The summed E-state index contributed by atoms with van der Waals surface area (Å²) in [5.41, 5.74) is 1.28. The zero-order valence-electron chi connectivity index (χ0n) is 11.7. The summed E-state index contributed by atoms with van der Waals surface area (Å²) < 4.78 is 0. The number of hydrogen-bond acceptors (Lipinski definition) is 3. The maximum absolute atomic E-state index is 12.4. The molecule has 1 aromatic carbocycles. The van der Waals surface area contributed by atoms with Gasteiger partial charge in [-0.1, -0.05) is 31.0 Å². The Labute approximate surface area is 124 Å². The van der Waals surface area contributed by atoms with Crippen molar-refractivity contribution in [2.24, 2.45) is 0 Å². The first-order valence-electron chi connectivity index (χ1n) is 7.60. The highest BCUT2D eigenvalue weighted by Crippen LogP contribution is 2.35. The lowest BCUT2D eigenvalue weighted by atomic mass is 10.0. The summed E-state index contributed by atoms with van der Waals surface area (Å²) in [4.78, 5) is 13.8. The Morgan fingerprint density at radius 2 is 2.10 bits per heavy atom. The molecule has 2 N–H and O–H groups in total. The van der Waals surface area contributed by atoms with Gasteiger partial charge in [0, 0.05) is 10.6 Å². The van der Waals surface area contributed by atoms with E-state index in [1.807, 2.05) is 11.8 Å². The highest BCUT2D eigenvalue weighted by molar-refractivity contribution is 7.99. The molecule has 20 heavy (non-hydrogen) atoms. The van der Waals surface area contributed by atoms with Crippen LogP contribution in [-0.4, -0.2) is 24.2 Å². The normalized spacial score (nSPS) is 26.4. The Hall–Kier alpha value is -1.00. The quantitative estimate of drug-likeness (QED) is 0.880. The van der Waals surface area contributed by atoms with Crippen molar-refractivity contribution in [3.05, 3.63) is 29.8 Å². The van der Waals surface area contributed by atoms with E-state index in [-0.39, 0.29) is 18.0 Å². The number of nitrogens with one attached hydrogen (secondary N) is 2. The number of carbonyl (C=O) groups is 1. The maximum atomic E-state index is 12.4. The molecule has 4 heteroatoms. The predicted molar refractivity (Wildman–Crippen MR) is 82.9 cm³/mol. The molecule has 0 bridgehead atoms. The van der Waals surface area contributed by atoms with Crippen molar-refractivity contribution < 1.29 is 4.79 Å². The molecule has 2 aliphatic rings. The second kappa shape index (κ2) is 6.64. The first-order chi connectivity index (χ1) is 9.84. The van der Waals surface area contributed by atoms with E-state index in [0.29, 0.717) is 0 Å². The first kappa shape index (κ1) is 14.0. The molecule has 1 saturated heterocycles. The van der Waals surface area contributed by atoms with Crippen LogP contribution in [0.25, 0.3) is 0 Å². The molecule has 0 radical (unpaired) electrons. The van der Waals surface area contributed by atoms with Crippen molar-refractivity contribution in [2.75, 3.05) is 12.3 Å². The van der Waals surface area contributed by atoms with Crippen LogP contribution in [-0.2, 0) is 4.79 Å². The minimum atomic E-state index is -0.000702. The van der Waals surface area contributed by atoms with E-state index in [0.717, 1.165) is 31.6 Å². The summed E-state index contributed by atoms with van der Waals surface area (Å²) in [6.45, 7) is 0.967. The van der Waals surface area contributed by atoms with Gasteiger partial charge in [0.15, 0.2) is 0 Å². The third-order valence-electron chi connectivity index (χ3n) is 4.15. The van der Waals surface area contributed by atoms with E-state index in [9.17, 15) is 4.79 Å². The third kappa shape index (κ3) is 3.18. The van der Waals surface area contributed by atoms with Gasteiger partial charge in [-0.2, -0.15) is 0 Å². The van der Waals surface area contributed by atoms with Crippen LogP contribution in [0.1, 0.15) is 43.7 Å². The smallest absolute Gasteiger partial charge is 0.237 e. The van der Waals surface area contributed by atoms with Crippen molar-refractivity contribution >= 4 is 17.7 Å². The molecule has 1 fully saturated rings. The van der Waals surface area contributed by atoms with Crippen molar-refractivity contribution in [1.29, 1.82) is 0 Å². The average Bonchev–Trinajstić information content (AvgIpc) is 2.77. The molecule has 3 nitrogen and oxygen atoms in total. The van der Waals surface area contributed by atoms with Crippen LogP contribution in [0.4, 0.5) is 0 Å². The van der Waals surface area contributed by atoms with E-state index >= 15 is 0 Å². The van der Waals surface area contributed by atoms with Gasteiger partial charge in [-0.3, -0.25) is 4.79 Å². The fourth-order valence-corrected chi connectivity index (χ4v) is 4.14. The van der Waals surface area contributed by atoms with Gasteiger partial charge in [0.2, 0.25) is 5.91 Å². The van der Waals surface area contributed by atoms with Crippen LogP contribution < -0.4 is 10.6 Å². The van der Waals surface area contributed by atoms with Gasteiger partial charge in [0.1, 0.15) is 0 Å². The van der Waals surface area contributed by atoms with E-state index in [1.165, 1.54) is 23.3 Å². The molecule has 0 saturated carbocycles. The summed E-state index contributed by atoms with van der Waals surface area (Å²) in [7, 11) is 0. The molecule has 2 atom stereocenters. The zero-order chi connectivity index (χ0) is 13.8. The lowest BCUT2D eigenvalue weighted by Gasteiger charge is -2.27. The molecule has 2 unspecified atom stereocenters. The zero-order valence-corrected chi connectivity index (χ0v) is 12.5. The van der Waals surface area contributed by atoms with E-state index in [1.54, 1.807) is 0 Å². The third-order valence-corrected chi connectivity index (χ3v) is 5.27. The molecule has 3 rings (SSSR count). The van der Waals surface area contributed by atoms with Crippen LogP contribution in [0.15, 0.2) is 29.2 Å². The molecule has 2 aliphatic heterocycles. The second-order valence-corrected chi connectivity index (χ2v) is 6.73. The fourth-order valence-electron chi connectivity index (χ4n) is 3.02. The molecular weight excluding hydrogens is 268 g/mol. The van der Waals surface area contributed by atoms with Gasteiger partial charge in [0.25, 0.3) is 0 Å². The van der Waals surface area contributed by atoms with E-state index in [2.05, 4.69) is 34.9 Å². The second-order valence-electron chi connectivity index (χ2n) is 5.59. The van der Waals surface area contributed by atoms with E-state index in [4.69, 9.17) is 0 Å². The number of rotatable bonds is 2. The van der Waals surface area contributed by atoms with Crippen LogP contribution >= 0.6 is 11.8 Å².